The van der Waals surface area contributed by atoms with Crippen LogP contribution in [-0.2, 0) is 6.18 Å². The normalized spacial score (nSPS) is 13.0. The number of nitrogens with zero attached hydrogens (tertiary/aromatic N) is 3. The zero-order valence-corrected chi connectivity index (χ0v) is 8.57. The van der Waals surface area contributed by atoms with Crippen LogP contribution in [0.2, 0.25) is 0 Å². The van der Waals surface area contributed by atoms with Gasteiger partial charge in [-0.3, -0.25) is 0 Å². The topological polar surface area (TPSA) is 48.8 Å². The minimum absolute atomic E-state index is 0.0850. The SMILES string of the molecule is CC(CN=[N+]=[N-])c1ccc(C(F)(F)F)cc1. The Bertz CT molecular complexity index is 391. The smallest absolute Gasteiger partial charge is 0.166 e. The molecule has 0 aliphatic carbocycles. The highest BCUT2D eigenvalue weighted by Crippen LogP contribution is 2.30. The Kier molecular flexibility index (Phi) is 3.79. The van der Waals surface area contributed by atoms with Crippen LogP contribution in [0.4, 0.5) is 13.2 Å². The van der Waals surface area contributed by atoms with Crippen molar-refractivity contribution in [1.82, 2.24) is 0 Å². The molecule has 0 radical (unpaired) electrons. The molecule has 0 bridgehead atoms. The zero-order chi connectivity index (χ0) is 12.2. The highest BCUT2D eigenvalue weighted by molar-refractivity contribution is 5.26. The Morgan fingerprint density at radius 2 is 1.88 bits per heavy atom. The van der Waals surface area contributed by atoms with Crippen LogP contribution in [-0.4, -0.2) is 6.54 Å². The van der Waals surface area contributed by atoms with Gasteiger partial charge in [-0.25, -0.2) is 0 Å². The van der Waals surface area contributed by atoms with Gasteiger partial charge in [0.05, 0.1) is 5.56 Å². The maximum atomic E-state index is 12.3. The predicted molar refractivity (Wildman–Crippen MR) is 53.9 cm³/mol. The Labute approximate surface area is 90.5 Å². The van der Waals surface area contributed by atoms with Crippen molar-refractivity contribution < 1.29 is 13.2 Å². The first-order chi connectivity index (χ1) is 7.45. The highest BCUT2D eigenvalue weighted by atomic mass is 19.4. The molecule has 1 rings (SSSR count). The van der Waals surface area contributed by atoms with E-state index in [-0.39, 0.29) is 12.5 Å². The average Bonchev–Trinajstić information content (AvgIpc) is 2.25. The summed E-state index contributed by atoms with van der Waals surface area (Å²) in [6, 6.07) is 4.87. The van der Waals surface area contributed by atoms with Crippen molar-refractivity contribution in [2.24, 2.45) is 5.11 Å². The largest absolute Gasteiger partial charge is 0.416 e. The third kappa shape index (κ3) is 3.17. The van der Waals surface area contributed by atoms with E-state index in [4.69, 9.17) is 5.53 Å². The number of hydrogen-bond donors (Lipinski definition) is 0. The van der Waals surface area contributed by atoms with E-state index in [1.807, 2.05) is 0 Å². The first-order valence-corrected chi connectivity index (χ1v) is 4.63. The summed E-state index contributed by atoms with van der Waals surface area (Å²) in [6.45, 7) is 2.03. The molecule has 0 N–H and O–H groups in total. The first-order valence-electron chi connectivity index (χ1n) is 4.63. The van der Waals surface area contributed by atoms with E-state index in [0.29, 0.717) is 0 Å². The second-order valence-corrected chi connectivity index (χ2v) is 3.43. The lowest BCUT2D eigenvalue weighted by Crippen LogP contribution is -2.05. The molecule has 3 nitrogen and oxygen atoms in total. The summed E-state index contributed by atoms with van der Waals surface area (Å²) in [6.07, 6.45) is -4.31. The lowest BCUT2D eigenvalue weighted by atomic mass is 10.00. The van der Waals surface area contributed by atoms with Gasteiger partial charge in [-0.05, 0) is 29.1 Å². The fourth-order valence-corrected chi connectivity index (χ4v) is 1.27. The van der Waals surface area contributed by atoms with Crippen molar-refractivity contribution in [2.45, 2.75) is 19.0 Å². The van der Waals surface area contributed by atoms with Crippen molar-refractivity contribution >= 4 is 0 Å². The van der Waals surface area contributed by atoms with Gasteiger partial charge in [0.15, 0.2) is 0 Å². The summed E-state index contributed by atoms with van der Waals surface area (Å²) >= 11 is 0. The third-order valence-electron chi connectivity index (χ3n) is 2.23. The van der Waals surface area contributed by atoms with E-state index >= 15 is 0 Å². The van der Waals surface area contributed by atoms with Crippen molar-refractivity contribution in [3.05, 3.63) is 45.8 Å². The standard InChI is InChI=1S/C10H10F3N3/c1-7(6-15-16-14)8-2-4-9(5-3-8)10(11,12)13/h2-5,7H,6H2,1H3. The van der Waals surface area contributed by atoms with Crippen molar-refractivity contribution in [3.63, 3.8) is 0 Å². The van der Waals surface area contributed by atoms with Gasteiger partial charge in [-0.2, -0.15) is 13.2 Å². The number of hydrogen-bond acceptors (Lipinski definition) is 1. The van der Waals surface area contributed by atoms with Crippen molar-refractivity contribution in [3.8, 4) is 0 Å². The molecule has 0 fully saturated rings. The maximum Gasteiger partial charge on any atom is 0.416 e. The van der Waals surface area contributed by atoms with Gasteiger partial charge < -0.3 is 0 Å². The highest BCUT2D eigenvalue weighted by Gasteiger charge is 2.30. The predicted octanol–water partition coefficient (Wildman–Crippen LogP) is 4.12. The molecule has 1 aromatic rings. The summed E-state index contributed by atoms with van der Waals surface area (Å²) in [7, 11) is 0. The molecular weight excluding hydrogens is 219 g/mol. The van der Waals surface area contributed by atoms with Crippen LogP contribution in [0.1, 0.15) is 24.0 Å². The summed E-state index contributed by atoms with van der Waals surface area (Å²) in [4.78, 5) is 2.60. The van der Waals surface area contributed by atoms with Crippen LogP contribution in [0.15, 0.2) is 29.4 Å². The lowest BCUT2D eigenvalue weighted by molar-refractivity contribution is -0.137. The maximum absolute atomic E-state index is 12.3. The summed E-state index contributed by atoms with van der Waals surface area (Å²) in [5.74, 6) is -0.0850. The van der Waals surface area contributed by atoms with Crippen molar-refractivity contribution in [1.29, 1.82) is 0 Å². The van der Waals surface area contributed by atoms with E-state index in [2.05, 4.69) is 10.0 Å². The van der Waals surface area contributed by atoms with Gasteiger partial charge in [0.1, 0.15) is 0 Å². The second kappa shape index (κ2) is 4.90. The Hall–Kier alpha value is -1.68. The lowest BCUT2D eigenvalue weighted by Gasteiger charge is -2.11. The van der Waals surface area contributed by atoms with Crippen LogP contribution in [0.3, 0.4) is 0 Å². The van der Waals surface area contributed by atoms with Crippen LogP contribution in [0.25, 0.3) is 10.4 Å². The molecule has 0 aliphatic heterocycles. The zero-order valence-electron chi connectivity index (χ0n) is 8.57. The van der Waals surface area contributed by atoms with E-state index in [9.17, 15) is 13.2 Å². The summed E-state index contributed by atoms with van der Waals surface area (Å²) in [5.41, 5.74) is 8.17. The molecule has 0 aromatic heterocycles. The van der Waals surface area contributed by atoms with Gasteiger partial charge in [-0.15, -0.1) is 0 Å². The van der Waals surface area contributed by atoms with Gasteiger partial charge in [-0.1, -0.05) is 24.2 Å². The van der Waals surface area contributed by atoms with Crippen LogP contribution in [0.5, 0.6) is 0 Å². The molecule has 1 atom stereocenters. The average molecular weight is 229 g/mol. The number of halogens is 3. The Morgan fingerprint density at radius 3 is 2.31 bits per heavy atom. The van der Waals surface area contributed by atoms with Crippen LogP contribution in [0, 0.1) is 0 Å². The molecule has 0 amide bonds. The third-order valence-corrected chi connectivity index (χ3v) is 2.23. The molecule has 1 unspecified atom stereocenters. The molecule has 0 spiro atoms. The van der Waals surface area contributed by atoms with E-state index < -0.39 is 11.7 Å². The van der Waals surface area contributed by atoms with E-state index in [0.717, 1.165) is 17.7 Å². The Morgan fingerprint density at radius 1 is 1.31 bits per heavy atom. The van der Waals surface area contributed by atoms with Gasteiger partial charge in [0.2, 0.25) is 0 Å². The quantitative estimate of drug-likeness (QED) is 0.425. The number of alkyl halides is 3. The fourth-order valence-electron chi connectivity index (χ4n) is 1.27. The first kappa shape index (κ1) is 12.4. The number of azide groups is 1. The molecule has 0 saturated heterocycles. The molecule has 86 valence electrons. The second-order valence-electron chi connectivity index (χ2n) is 3.43. The number of benzene rings is 1. The van der Waals surface area contributed by atoms with Gasteiger partial charge in [0.25, 0.3) is 0 Å². The van der Waals surface area contributed by atoms with Crippen LogP contribution < -0.4 is 0 Å². The van der Waals surface area contributed by atoms with Gasteiger partial charge in [0, 0.05) is 11.5 Å². The summed E-state index contributed by atoms with van der Waals surface area (Å²) < 4.78 is 36.8. The molecule has 16 heavy (non-hydrogen) atoms. The minimum atomic E-state index is -4.31. The minimum Gasteiger partial charge on any atom is -0.166 e. The van der Waals surface area contributed by atoms with E-state index in [1.54, 1.807) is 6.92 Å². The Balaban J connectivity index is 2.82. The fraction of sp³-hybridized carbons (Fsp3) is 0.400. The molecule has 0 aliphatic rings. The molecule has 1 aromatic carbocycles. The molecule has 6 heteroatoms. The molecule has 0 heterocycles. The monoisotopic (exact) mass is 229 g/mol. The van der Waals surface area contributed by atoms with Gasteiger partial charge >= 0.3 is 6.18 Å². The summed E-state index contributed by atoms with van der Waals surface area (Å²) in [5, 5.41) is 3.38. The number of rotatable bonds is 3. The van der Waals surface area contributed by atoms with Crippen LogP contribution >= 0.6 is 0 Å². The molecule has 0 saturated carbocycles. The van der Waals surface area contributed by atoms with E-state index in [1.165, 1.54) is 12.1 Å². The van der Waals surface area contributed by atoms with Crippen molar-refractivity contribution in [2.75, 3.05) is 6.54 Å². The molecular formula is C10H10F3N3.